The summed E-state index contributed by atoms with van der Waals surface area (Å²) in [5.74, 6) is -1.29. The van der Waals surface area contributed by atoms with Gasteiger partial charge in [-0.05, 0) is 6.07 Å². The predicted molar refractivity (Wildman–Crippen MR) is 74.9 cm³/mol. The van der Waals surface area contributed by atoms with Crippen molar-refractivity contribution in [3.8, 4) is 5.75 Å². The Morgan fingerprint density at radius 2 is 1.96 bits per heavy atom. The molecule has 128 valence electrons. The molecule has 1 aliphatic heterocycles. The van der Waals surface area contributed by atoms with E-state index in [2.05, 4.69) is 10.1 Å². The van der Waals surface area contributed by atoms with E-state index >= 15 is 0 Å². The van der Waals surface area contributed by atoms with E-state index < -0.39 is 28.2 Å². The Balaban J connectivity index is 1.91. The molecule has 1 aromatic rings. The summed E-state index contributed by atoms with van der Waals surface area (Å²) in [4.78, 5) is 11.9. The van der Waals surface area contributed by atoms with Crippen LogP contribution in [0.3, 0.4) is 0 Å². The van der Waals surface area contributed by atoms with E-state index in [4.69, 9.17) is 0 Å². The van der Waals surface area contributed by atoms with Gasteiger partial charge < -0.3 is 10.1 Å². The molecule has 0 radical (unpaired) electrons. The summed E-state index contributed by atoms with van der Waals surface area (Å²) in [6, 6.07) is 5.48. The fraction of sp³-hybridized carbons (Fsp3) is 0.462. The first-order valence-corrected chi connectivity index (χ1v) is 8.47. The highest BCUT2D eigenvalue weighted by molar-refractivity contribution is 7.88. The van der Waals surface area contributed by atoms with Crippen molar-refractivity contribution in [3.63, 3.8) is 0 Å². The number of amides is 1. The molecule has 0 atom stereocenters. The molecular formula is C13H15F3N2O4S. The van der Waals surface area contributed by atoms with Gasteiger partial charge in [0.15, 0.2) is 0 Å². The molecule has 0 aromatic heterocycles. The summed E-state index contributed by atoms with van der Waals surface area (Å²) in [6.07, 6.45) is -3.77. The number of sulfonamides is 1. The van der Waals surface area contributed by atoms with E-state index in [0.29, 0.717) is 0 Å². The van der Waals surface area contributed by atoms with Gasteiger partial charge in [0.2, 0.25) is 15.9 Å². The molecule has 23 heavy (non-hydrogen) atoms. The minimum Gasteiger partial charge on any atom is -0.405 e. The Morgan fingerprint density at radius 1 is 1.35 bits per heavy atom. The number of rotatable bonds is 5. The van der Waals surface area contributed by atoms with Gasteiger partial charge in [-0.15, -0.1) is 13.2 Å². The molecule has 1 aliphatic rings. The van der Waals surface area contributed by atoms with Crippen molar-refractivity contribution in [2.45, 2.75) is 12.9 Å². The molecule has 1 amide bonds. The molecule has 2 rings (SSSR count). The highest BCUT2D eigenvalue weighted by Gasteiger charge is 2.37. The normalized spacial score (nSPS) is 16.7. The van der Waals surface area contributed by atoms with Crippen molar-refractivity contribution in [1.82, 2.24) is 9.62 Å². The van der Waals surface area contributed by atoms with Crippen LogP contribution in [0, 0.1) is 5.92 Å². The molecule has 0 bridgehead atoms. The number of nitrogens with one attached hydrogen (secondary N) is 1. The Hall–Kier alpha value is -1.81. The number of benzene rings is 1. The van der Waals surface area contributed by atoms with E-state index in [9.17, 15) is 26.4 Å². The number of halogens is 3. The van der Waals surface area contributed by atoms with Gasteiger partial charge in [-0.2, -0.15) is 0 Å². The zero-order valence-electron chi connectivity index (χ0n) is 12.1. The first kappa shape index (κ1) is 17.5. The highest BCUT2D eigenvalue weighted by Crippen LogP contribution is 2.26. The van der Waals surface area contributed by atoms with Crippen molar-refractivity contribution in [2.24, 2.45) is 5.92 Å². The summed E-state index contributed by atoms with van der Waals surface area (Å²) in [5.41, 5.74) is 0.178. The number of ether oxygens (including phenoxy) is 1. The van der Waals surface area contributed by atoms with Gasteiger partial charge in [0, 0.05) is 25.2 Å². The molecule has 6 nitrogen and oxygen atoms in total. The number of carbonyl (C=O) groups excluding carboxylic acids is 1. The minimum absolute atomic E-state index is 0.0748. The highest BCUT2D eigenvalue weighted by atomic mass is 32.2. The largest absolute Gasteiger partial charge is 0.573 e. The lowest BCUT2D eigenvalue weighted by atomic mass is 10.0. The van der Waals surface area contributed by atoms with Crippen LogP contribution in [0.15, 0.2) is 24.3 Å². The monoisotopic (exact) mass is 352 g/mol. The fourth-order valence-electron chi connectivity index (χ4n) is 2.08. The molecule has 10 heteroatoms. The van der Waals surface area contributed by atoms with Crippen LogP contribution in [0.2, 0.25) is 0 Å². The lowest BCUT2D eigenvalue weighted by Crippen LogP contribution is -2.55. The SMILES string of the molecule is CS(=O)(=O)N1CC(C(=O)NCc2ccccc2OC(F)(F)F)C1. The van der Waals surface area contributed by atoms with Gasteiger partial charge >= 0.3 is 6.36 Å². The topological polar surface area (TPSA) is 75.7 Å². The third kappa shape index (κ3) is 4.83. The molecule has 1 fully saturated rings. The second-order valence-electron chi connectivity index (χ2n) is 5.15. The van der Waals surface area contributed by atoms with Crippen LogP contribution in [-0.2, 0) is 21.4 Å². The van der Waals surface area contributed by atoms with Crippen molar-refractivity contribution in [1.29, 1.82) is 0 Å². The number of para-hydroxylation sites is 1. The lowest BCUT2D eigenvalue weighted by molar-refractivity contribution is -0.274. The average Bonchev–Trinajstić information content (AvgIpc) is 2.32. The standard InChI is InChI=1S/C13H15F3N2O4S/c1-23(20,21)18-7-10(8-18)12(19)17-6-9-4-2-3-5-11(9)22-13(14,15)16/h2-5,10H,6-8H2,1H3,(H,17,19). The average molecular weight is 352 g/mol. The summed E-state index contributed by atoms with van der Waals surface area (Å²) in [6.45, 7) is 0.0111. The molecule has 1 N–H and O–H groups in total. The van der Waals surface area contributed by atoms with Gasteiger partial charge in [0.1, 0.15) is 5.75 Å². The third-order valence-corrected chi connectivity index (χ3v) is 4.58. The number of hydrogen-bond donors (Lipinski definition) is 1. The molecule has 1 aromatic carbocycles. The Labute approximate surface area is 131 Å². The number of alkyl halides is 3. The second-order valence-corrected chi connectivity index (χ2v) is 7.13. The lowest BCUT2D eigenvalue weighted by Gasteiger charge is -2.35. The summed E-state index contributed by atoms with van der Waals surface area (Å²) in [7, 11) is -3.32. The fourth-order valence-corrected chi connectivity index (χ4v) is 2.98. The smallest absolute Gasteiger partial charge is 0.405 e. The maximum Gasteiger partial charge on any atom is 0.573 e. The van der Waals surface area contributed by atoms with Crippen molar-refractivity contribution < 1.29 is 31.1 Å². The van der Waals surface area contributed by atoms with Gasteiger partial charge in [-0.1, -0.05) is 18.2 Å². The zero-order valence-corrected chi connectivity index (χ0v) is 12.9. The van der Waals surface area contributed by atoms with E-state index in [1.54, 1.807) is 0 Å². The molecule has 1 heterocycles. The first-order chi connectivity index (χ1) is 10.6. The van der Waals surface area contributed by atoms with Gasteiger partial charge in [-0.3, -0.25) is 4.79 Å². The molecular weight excluding hydrogens is 337 g/mol. The number of hydrogen-bond acceptors (Lipinski definition) is 4. The maximum atomic E-state index is 12.3. The Bertz CT molecular complexity index is 685. The summed E-state index contributed by atoms with van der Waals surface area (Å²) in [5, 5.41) is 2.49. The van der Waals surface area contributed by atoms with Crippen molar-refractivity contribution >= 4 is 15.9 Å². The first-order valence-electron chi connectivity index (χ1n) is 6.63. The van der Waals surface area contributed by atoms with Crippen LogP contribution < -0.4 is 10.1 Å². The summed E-state index contributed by atoms with van der Waals surface area (Å²) < 4.78 is 64.3. The molecule has 0 aliphatic carbocycles. The molecule has 0 saturated carbocycles. The maximum absolute atomic E-state index is 12.3. The number of carbonyl (C=O) groups is 1. The minimum atomic E-state index is -4.82. The predicted octanol–water partition coefficient (Wildman–Crippen LogP) is 1.09. The van der Waals surface area contributed by atoms with Crippen LogP contribution >= 0.6 is 0 Å². The quantitative estimate of drug-likeness (QED) is 0.861. The van der Waals surface area contributed by atoms with Crippen LogP contribution in [-0.4, -0.2) is 44.3 Å². The van der Waals surface area contributed by atoms with Crippen molar-refractivity contribution in [2.75, 3.05) is 19.3 Å². The van der Waals surface area contributed by atoms with Gasteiger partial charge in [0.25, 0.3) is 0 Å². The van der Waals surface area contributed by atoms with Crippen LogP contribution in [0.4, 0.5) is 13.2 Å². The Kier molecular flexibility index (Phi) is 4.85. The summed E-state index contributed by atoms with van der Waals surface area (Å²) >= 11 is 0. The van der Waals surface area contributed by atoms with Crippen LogP contribution in [0.25, 0.3) is 0 Å². The van der Waals surface area contributed by atoms with Crippen LogP contribution in [0.1, 0.15) is 5.56 Å². The van der Waals surface area contributed by atoms with Crippen molar-refractivity contribution in [3.05, 3.63) is 29.8 Å². The third-order valence-electron chi connectivity index (χ3n) is 3.34. The van der Waals surface area contributed by atoms with Gasteiger partial charge in [-0.25, -0.2) is 12.7 Å². The molecule has 0 unspecified atom stereocenters. The Morgan fingerprint density at radius 3 is 2.52 bits per heavy atom. The molecule has 0 spiro atoms. The second kappa shape index (κ2) is 6.36. The molecule has 1 saturated heterocycles. The van der Waals surface area contributed by atoms with E-state index in [1.165, 1.54) is 18.2 Å². The van der Waals surface area contributed by atoms with Gasteiger partial charge in [0.05, 0.1) is 12.2 Å². The van der Waals surface area contributed by atoms with E-state index in [1.807, 2.05) is 0 Å². The van der Waals surface area contributed by atoms with Crippen LogP contribution in [0.5, 0.6) is 5.75 Å². The zero-order chi connectivity index (χ0) is 17.3. The number of nitrogens with zero attached hydrogens (tertiary/aromatic N) is 1. The van der Waals surface area contributed by atoms with E-state index in [0.717, 1.165) is 16.6 Å². The van der Waals surface area contributed by atoms with E-state index in [-0.39, 0.29) is 30.9 Å².